The highest BCUT2D eigenvalue weighted by atomic mass is 35.5. The van der Waals surface area contributed by atoms with Gasteiger partial charge in [0.05, 0.1) is 4.92 Å². The smallest absolute Gasteiger partial charge is 0.271 e. The third-order valence-electron chi connectivity index (χ3n) is 2.76. The topological polar surface area (TPSA) is 95.3 Å². The van der Waals surface area contributed by atoms with Crippen molar-refractivity contribution >= 4 is 28.9 Å². The summed E-state index contributed by atoms with van der Waals surface area (Å²) in [4.78, 5) is 22.1. The van der Waals surface area contributed by atoms with Gasteiger partial charge in [-0.25, -0.2) is 0 Å². The van der Waals surface area contributed by atoms with Crippen LogP contribution in [-0.2, 0) is 0 Å². The Hall–Kier alpha value is -2.60. The van der Waals surface area contributed by atoms with Crippen LogP contribution in [0.5, 0.6) is 5.75 Å². The Kier molecular flexibility index (Phi) is 4.09. The molecule has 0 aliphatic heterocycles. The van der Waals surface area contributed by atoms with E-state index < -0.39 is 22.3 Å². The number of aryl methyl sites for hydroxylation is 1. The van der Waals surface area contributed by atoms with Crippen molar-refractivity contribution in [1.29, 1.82) is 0 Å². The van der Waals surface area contributed by atoms with Gasteiger partial charge in [-0.05, 0) is 24.6 Å². The second-order valence-electron chi connectivity index (χ2n) is 4.38. The van der Waals surface area contributed by atoms with E-state index in [2.05, 4.69) is 5.32 Å². The third kappa shape index (κ3) is 3.29. The number of carbonyl (C=O) groups is 1. The van der Waals surface area contributed by atoms with E-state index in [1.807, 2.05) is 13.0 Å². The third-order valence-corrected chi connectivity index (χ3v) is 3.04. The number of amides is 1. The fraction of sp³-hybridized carbons (Fsp3) is 0.0714. The summed E-state index contributed by atoms with van der Waals surface area (Å²) in [6, 6.07) is 8.78. The van der Waals surface area contributed by atoms with Gasteiger partial charge >= 0.3 is 0 Å². The highest BCUT2D eigenvalue weighted by molar-refractivity contribution is 6.33. The number of benzene rings is 2. The summed E-state index contributed by atoms with van der Waals surface area (Å²) >= 11 is 5.64. The summed E-state index contributed by atoms with van der Waals surface area (Å²) in [7, 11) is 0. The molecule has 0 spiro atoms. The number of hydrogen-bond donors (Lipinski definition) is 1. The van der Waals surface area contributed by atoms with Crippen LogP contribution in [0, 0.1) is 17.0 Å². The summed E-state index contributed by atoms with van der Waals surface area (Å²) in [5.41, 5.74) is 0.638. The number of hydrogen-bond acceptors (Lipinski definition) is 4. The van der Waals surface area contributed by atoms with Crippen molar-refractivity contribution in [2.24, 2.45) is 0 Å². The molecule has 2 aromatic rings. The van der Waals surface area contributed by atoms with E-state index in [1.54, 1.807) is 18.2 Å². The Balaban J connectivity index is 2.37. The van der Waals surface area contributed by atoms with E-state index in [0.717, 1.165) is 17.7 Å². The van der Waals surface area contributed by atoms with E-state index in [9.17, 15) is 20.0 Å². The van der Waals surface area contributed by atoms with Crippen LogP contribution in [-0.4, -0.2) is 10.8 Å². The maximum absolute atomic E-state index is 12.1. The van der Waals surface area contributed by atoms with Crippen LogP contribution < -0.4 is 10.4 Å². The van der Waals surface area contributed by atoms with Crippen molar-refractivity contribution in [3.05, 3.63) is 62.7 Å². The minimum absolute atomic E-state index is 0.362. The second kappa shape index (κ2) is 5.80. The van der Waals surface area contributed by atoms with E-state index in [4.69, 9.17) is 11.6 Å². The molecule has 1 amide bonds. The van der Waals surface area contributed by atoms with Gasteiger partial charge in [0.25, 0.3) is 11.6 Å². The average molecular weight is 306 g/mol. The predicted molar refractivity (Wildman–Crippen MR) is 76.7 cm³/mol. The number of halogens is 1. The second-order valence-corrected chi connectivity index (χ2v) is 4.79. The molecule has 0 radical (unpaired) electrons. The normalized spacial score (nSPS) is 10.2. The van der Waals surface area contributed by atoms with Gasteiger partial charge in [-0.2, -0.15) is 0 Å². The van der Waals surface area contributed by atoms with Crippen LogP contribution >= 0.6 is 11.6 Å². The van der Waals surface area contributed by atoms with Crippen molar-refractivity contribution in [1.82, 2.24) is 0 Å². The summed E-state index contributed by atoms with van der Waals surface area (Å²) in [5, 5.41) is 24.7. The predicted octanol–water partition coefficient (Wildman–Crippen LogP) is 2.88. The molecule has 0 heterocycles. The van der Waals surface area contributed by atoms with Gasteiger partial charge in [0.1, 0.15) is 0 Å². The SMILES string of the molecule is Cc1cccc(NC(=O)c2cc([N+](=O)[O-])cc(Cl)c2[O-])c1. The van der Waals surface area contributed by atoms with Gasteiger partial charge in [0.2, 0.25) is 0 Å². The number of nitrogens with zero attached hydrogens (tertiary/aromatic N) is 1. The van der Waals surface area contributed by atoms with E-state index >= 15 is 0 Å². The van der Waals surface area contributed by atoms with E-state index in [-0.39, 0.29) is 10.6 Å². The molecule has 6 nitrogen and oxygen atoms in total. The first-order chi connectivity index (χ1) is 9.88. The molecule has 0 saturated heterocycles. The number of nitro benzene ring substituents is 1. The van der Waals surface area contributed by atoms with E-state index in [0.29, 0.717) is 5.69 Å². The van der Waals surface area contributed by atoms with Crippen LogP contribution in [0.15, 0.2) is 36.4 Å². The van der Waals surface area contributed by atoms with Crippen molar-refractivity contribution in [3.63, 3.8) is 0 Å². The zero-order valence-electron chi connectivity index (χ0n) is 10.9. The monoisotopic (exact) mass is 305 g/mol. The lowest BCUT2D eigenvalue weighted by atomic mass is 10.1. The van der Waals surface area contributed by atoms with Crippen molar-refractivity contribution in [3.8, 4) is 5.75 Å². The molecule has 0 aliphatic rings. The van der Waals surface area contributed by atoms with Gasteiger partial charge in [0.15, 0.2) is 0 Å². The number of non-ortho nitro benzene ring substituents is 1. The Labute approximate surface area is 125 Å². The van der Waals surface area contributed by atoms with Crippen molar-refractivity contribution in [2.45, 2.75) is 6.92 Å². The molecule has 0 aliphatic carbocycles. The van der Waals surface area contributed by atoms with Crippen LogP contribution in [0.1, 0.15) is 15.9 Å². The molecule has 0 unspecified atom stereocenters. The molecule has 0 saturated carbocycles. The molecule has 0 fully saturated rings. The minimum Gasteiger partial charge on any atom is -0.871 e. The van der Waals surface area contributed by atoms with Crippen LogP contribution in [0.25, 0.3) is 0 Å². The van der Waals surface area contributed by atoms with E-state index in [1.165, 1.54) is 0 Å². The summed E-state index contributed by atoms with van der Waals surface area (Å²) in [6.07, 6.45) is 0. The largest absolute Gasteiger partial charge is 0.871 e. The highest BCUT2D eigenvalue weighted by Crippen LogP contribution is 2.30. The molecule has 0 aromatic heterocycles. The van der Waals surface area contributed by atoms with Crippen molar-refractivity contribution < 1.29 is 14.8 Å². The Bertz CT molecular complexity index is 731. The molecule has 7 heteroatoms. The lowest BCUT2D eigenvalue weighted by Crippen LogP contribution is -2.15. The zero-order valence-corrected chi connectivity index (χ0v) is 11.7. The molecule has 0 atom stereocenters. The van der Waals surface area contributed by atoms with Gasteiger partial charge in [-0.15, -0.1) is 0 Å². The number of rotatable bonds is 3. The molecule has 108 valence electrons. The number of nitrogens with one attached hydrogen (secondary N) is 1. The highest BCUT2D eigenvalue weighted by Gasteiger charge is 2.16. The fourth-order valence-corrected chi connectivity index (χ4v) is 1.99. The standard InChI is InChI=1S/C14H11ClN2O4/c1-8-3-2-4-9(5-8)16-14(19)11-6-10(17(20)21)7-12(15)13(11)18/h2-7,18H,1H3,(H,16,19)/p-1. The molecular weight excluding hydrogens is 296 g/mol. The Morgan fingerprint density at radius 1 is 1.29 bits per heavy atom. The van der Waals surface area contributed by atoms with Crippen molar-refractivity contribution in [2.75, 3.05) is 5.32 Å². The van der Waals surface area contributed by atoms with Crippen LogP contribution in [0.4, 0.5) is 11.4 Å². The quantitative estimate of drug-likeness (QED) is 0.696. The number of nitro groups is 1. The lowest BCUT2D eigenvalue weighted by molar-refractivity contribution is -0.385. The molecular formula is C14H10ClN2O4-. The fourth-order valence-electron chi connectivity index (χ4n) is 1.77. The maximum atomic E-state index is 12.1. The maximum Gasteiger partial charge on any atom is 0.271 e. The first-order valence-corrected chi connectivity index (χ1v) is 6.29. The zero-order chi connectivity index (χ0) is 15.6. The number of carbonyl (C=O) groups excluding carboxylic acids is 1. The number of anilines is 1. The first kappa shape index (κ1) is 14.8. The van der Waals surface area contributed by atoms with Gasteiger partial charge in [-0.1, -0.05) is 29.5 Å². The molecule has 21 heavy (non-hydrogen) atoms. The summed E-state index contributed by atoms with van der Waals surface area (Å²) in [6.45, 7) is 1.85. The summed E-state index contributed by atoms with van der Waals surface area (Å²) in [5.74, 6) is -1.48. The van der Waals surface area contributed by atoms with Gasteiger partial charge in [0, 0.05) is 28.4 Å². The molecule has 2 rings (SSSR count). The summed E-state index contributed by atoms with van der Waals surface area (Å²) < 4.78 is 0. The first-order valence-electron chi connectivity index (χ1n) is 5.91. The molecule has 1 N–H and O–H groups in total. The molecule has 2 aromatic carbocycles. The average Bonchev–Trinajstić information content (AvgIpc) is 2.41. The Morgan fingerprint density at radius 2 is 2.00 bits per heavy atom. The van der Waals surface area contributed by atoms with Crippen LogP contribution in [0.2, 0.25) is 5.02 Å². The molecule has 0 bridgehead atoms. The lowest BCUT2D eigenvalue weighted by Gasteiger charge is -2.15. The Morgan fingerprint density at radius 3 is 2.62 bits per heavy atom. The minimum atomic E-state index is -0.743. The van der Waals surface area contributed by atoms with Gasteiger partial charge < -0.3 is 10.4 Å². The van der Waals surface area contributed by atoms with Gasteiger partial charge in [-0.3, -0.25) is 14.9 Å². The van der Waals surface area contributed by atoms with Crippen LogP contribution in [0.3, 0.4) is 0 Å².